The van der Waals surface area contributed by atoms with E-state index >= 15 is 0 Å². The lowest BCUT2D eigenvalue weighted by Gasteiger charge is -2.35. The summed E-state index contributed by atoms with van der Waals surface area (Å²) in [5.74, 6) is -0.326. The fraction of sp³-hybridized carbons (Fsp3) is 0.692. The third-order valence-corrected chi connectivity index (χ3v) is 3.74. The number of carbonyl (C=O) groups is 2. The van der Waals surface area contributed by atoms with Crippen LogP contribution in [0.4, 0.5) is 0 Å². The van der Waals surface area contributed by atoms with Crippen LogP contribution >= 0.6 is 0 Å². The van der Waals surface area contributed by atoms with E-state index in [-0.39, 0.29) is 30.4 Å². The van der Waals surface area contributed by atoms with Crippen LogP contribution in [-0.2, 0) is 17.9 Å². The van der Waals surface area contributed by atoms with Crippen LogP contribution in [0.15, 0.2) is 0 Å². The number of carboxylic acids is 1. The quantitative estimate of drug-likeness (QED) is 0.804. The number of nitrogens with zero attached hydrogens (tertiary/aromatic N) is 4. The van der Waals surface area contributed by atoms with Crippen molar-refractivity contribution in [1.82, 2.24) is 19.9 Å². The van der Waals surface area contributed by atoms with Crippen molar-refractivity contribution < 1.29 is 14.7 Å². The summed E-state index contributed by atoms with van der Waals surface area (Å²) in [6.45, 7) is 5.66. The molecule has 0 saturated carbocycles. The van der Waals surface area contributed by atoms with Crippen molar-refractivity contribution in [3.05, 3.63) is 11.4 Å². The Morgan fingerprint density at radius 2 is 1.95 bits per heavy atom. The van der Waals surface area contributed by atoms with E-state index in [1.165, 1.54) is 4.68 Å². The first-order valence-corrected chi connectivity index (χ1v) is 7.05. The van der Waals surface area contributed by atoms with Crippen molar-refractivity contribution in [3.8, 4) is 0 Å². The molecule has 1 fully saturated rings. The van der Waals surface area contributed by atoms with Crippen LogP contribution in [0.2, 0.25) is 0 Å². The Bertz CT molecular complexity index is 532. The Morgan fingerprint density at radius 3 is 2.48 bits per heavy atom. The maximum Gasteiger partial charge on any atom is 0.358 e. The molecule has 1 aliphatic rings. The second-order valence-corrected chi connectivity index (χ2v) is 5.80. The number of hydrogen-bond acceptors (Lipinski definition) is 5. The van der Waals surface area contributed by atoms with Crippen LogP contribution in [0.1, 0.15) is 36.5 Å². The maximum absolute atomic E-state index is 12.4. The summed E-state index contributed by atoms with van der Waals surface area (Å²) in [6.07, 6.45) is 1.12. The molecule has 2 atom stereocenters. The molecule has 1 aromatic heterocycles. The van der Waals surface area contributed by atoms with E-state index in [9.17, 15) is 9.59 Å². The lowest BCUT2D eigenvalue weighted by molar-refractivity contribution is -0.134. The Hall–Kier alpha value is -1.96. The Labute approximate surface area is 122 Å². The van der Waals surface area contributed by atoms with Gasteiger partial charge in [-0.05, 0) is 18.3 Å². The average molecular weight is 295 g/mol. The van der Waals surface area contributed by atoms with Gasteiger partial charge in [-0.1, -0.05) is 19.1 Å². The smallest absolute Gasteiger partial charge is 0.358 e. The zero-order chi connectivity index (χ0) is 15.6. The molecule has 0 spiro atoms. The van der Waals surface area contributed by atoms with Crippen LogP contribution in [0.25, 0.3) is 0 Å². The van der Waals surface area contributed by atoms with Crippen molar-refractivity contribution in [1.29, 1.82) is 0 Å². The lowest BCUT2D eigenvalue weighted by atomic mass is 9.92. The van der Waals surface area contributed by atoms with Gasteiger partial charge in [0.15, 0.2) is 5.69 Å². The largest absolute Gasteiger partial charge is 0.476 e. The molecule has 8 nitrogen and oxygen atoms in total. The van der Waals surface area contributed by atoms with Gasteiger partial charge in [-0.25, -0.2) is 9.48 Å². The van der Waals surface area contributed by atoms with Gasteiger partial charge < -0.3 is 15.7 Å². The summed E-state index contributed by atoms with van der Waals surface area (Å²) in [5, 5.41) is 16.3. The predicted molar refractivity (Wildman–Crippen MR) is 74.4 cm³/mol. The molecule has 1 aromatic rings. The number of aromatic carboxylic acids is 1. The third-order valence-electron chi connectivity index (χ3n) is 3.74. The molecule has 3 N–H and O–H groups in total. The topological polar surface area (TPSA) is 114 Å². The minimum atomic E-state index is -1.19. The van der Waals surface area contributed by atoms with Gasteiger partial charge in [0.25, 0.3) is 0 Å². The maximum atomic E-state index is 12.4. The lowest BCUT2D eigenvalue weighted by Crippen LogP contribution is -2.44. The number of rotatable bonds is 4. The van der Waals surface area contributed by atoms with Gasteiger partial charge in [0.05, 0.1) is 5.69 Å². The van der Waals surface area contributed by atoms with Crippen molar-refractivity contribution in [3.63, 3.8) is 0 Å². The number of nitrogens with two attached hydrogens (primary N) is 1. The summed E-state index contributed by atoms with van der Waals surface area (Å²) < 4.78 is 1.29. The summed E-state index contributed by atoms with van der Waals surface area (Å²) in [4.78, 5) is 25.2. The highest BCUT2D eigenvalue weighted by Gasteiger charge is 2.27. The molecule has 0 aromatic carbocycles. The van der Waals surface area contributed by atoms with Crippen molar-refractivity contribution in [2.75, 3.05) is 13.1 Å². The fourth-order valence-corrected chi connectivity index (χ4v) is 2.92. The molecular formula is C13H21N5O3. The van der Waals surface area contributed by atoms with Crippen molar-refractivity contribution in [2.45, 2.75) is 33.4 Å². The van der Waals surface area contributed by atoms with Gasteiger partial charge >= 0.3 is 5.97 Å². The highest BCUT2D eigenvalue weighted by atomic mass is 16.4. The number of likely N-dealkylation sites (tertiary alicyclic amines) is 1. The third kappa shape index (κ3) is 3.38. The van der Waals surface area contributed by atoms with E-state index in [1.54, 1.807) is 4.90 Å². The normalized spacial score (nSPS) is 22.3. The van der Waals surface area contributed by atoms with Crippen LogP contribution in [0.3, 0.4) is 0 Å². The van der Waals surface area contributed by atoms with Crippen LogP contribution < -0.4 is 5.73 Å². The molecule has 0 aliphatic carbocycles. The molecule has 2 unspecified atom stereocenters. The van der Waals surface area contributed by atoms with E-state index in [0.717, 1.165) is 19.5 Å². The molecule has 8 heteroatoms. The molecule has 116 valence electrons. The van der Waals surface area contributed by atoms with E-state index in [2.05, 4.69) is 24.2 Å². The summed E-state index contributed by atoms with van der Waals surface area (Å²) in [5.41, 5.74) is 5.63. The van der Waals surface area contributed by atoms with Crippen LogP contribution in [0, 0.1) is 11.8 Å². The standard InChI is InChI=1S/C13H21N5O3/c1-8-3-9(2)6-17(5-8)11(19)7-18-10(4-14)12(13(20)21)15-16-18/h8-9H,3-7,14H2,1-2H3,(H,20,21). The highest BCUT2D eigenvalue weighted by molar-refractivity contribution is 5.86. The van der Waals surface area contributed by atoms with Gasteiger partial charge in [-0.15, -0.1) is 5.10 Å². The number of aromatic nitrogens is 3. The monoisotopic (exact) mass is 295 g/mol. The number of hydrogen-bond donors (Lipinski definition) is 2. The Kier molecular flexibility index (Phi) is 4.56. The molecule has 1 saturated heterocycles. The van der Waals surface area contributed by atoms with E-state index in [1.807, 2.05) is 0 Å². The molecular weight excluding hydrogens is 274 g/mol. The number of piperidine rings is 1. The second kappa shape index (κ2) is 6.21. The molecule has 0 bridgehead atoms. The number of carboxylic acid groups (broad SMARTS) is 1. The zero-order valence-corrected chi connectivity index (χ0v) is 12.3. The SMILES string of the molecule is CC1CC(C)CN(C(=O)Cn2nnc(C(=O)O)c2CN)C1. The van der Waals surface area contributed by atoms with Crippen molar-refractivity contribution >= 4 is 11.9 Å². The van der Waals surface area contributed by atoms with Crippen LogP contribution in [-0.4, -0.2) is 50.0 Å². The number of carbonyl (C=O) groups excluding carboxylic acids is 1. The molecule has 0 radical (unpaired) electrons. The van der Waals surface area contributed by atoms with Crippen molar-refractivity contribution in [2.24, 2.45) is 17.6 Å². The van der Waals surface area contributed by atoms with Gasteiger partial charge in [-0.3, -0.25) is 4.79 Å². The second-order valence-electron chi connectivity index (χ2n) is 5.80. The molecule has 1 amide bonds. The van der Waals surface area contributed by atoms with Gasteiger partial charge in [-0.2, -0.15) is 0 Å². The first-order valence-electron chi connectivity index (χ1n) is 7.05. The Balaban J connectivity index is 2.11. The average Bonchev–Trinajstić information content (AvgIpc) is 2.80. The zero-order valence-electron chi connectivity index (χ0n) is 12.3. The Morgan fingerprint density at radius 1 is 1.33 bits per heavy atom. The molecule has 2 heterocycles. The minimum absolute atomic E-state index is 0.0191. The summed E-state index contributed by atoms with van der Waals surface area (Å²) in [6, 6.07) is 0. The first-order chi connectivity index (χ1) is 9.92. The van der Waals surface area contributed by atoms with E-state index in [0.29, 0.717) is 11.8 Å². The summed E-state index contributed by atoms with van der Waals surface area (Å²) in [7, 11) is 0. The molecule has 21 heavy (non-hydrogen) atoms. The first kappa shape index (κ1) is 15.4. The molecule has 2 rings (SSSR count). The van der Waals surface area contributed by atoms with E-state index in [4.69, 9.17) is 10.8 Å². The highest BCUT2D eigenvalue weighted by Crippen LogP contribution is 2.21. The molecule has 1 aliphatic heterocycles. The van der Waals surface area contributed by atoms with Gasteiger partial charge in [0.2, 0.25) is 5.91 Å². The minimum Gasteiger partial charge on any atom is -0.476 e. The number of amides is 1. The summed E-state index contributed by atoms with van der Waals surface area (Å²) >= 11 is 0. The van der Waals surface area contributed by atoms with E-state index < -0.39 is 5.97 Å². The van der Waals surface area contributed by atoms with Gasteiger partial charge in [0, 0.05) is 19.6 Å². The van der Waals surface area contributed by atoms with Crippen LogP contribution in [0.5, 0.6) is 0 Å². The predicted octanol–water partition coefficient (Wildman–Crippen LogP) is -0.0605. The van der Waals surface area contributed by atoms with Gasteiger partial charge in [0.1, 0.15) is 6.54 Å². The fourth-order valence-electron chi connectivity index (χ4n) is 2.92.